The average molecular weight is 352 g/mol. The normalized spacial score (nSPS) is 21.8. The number of aromatic nitrogens is 1. The Morgan fingerprint density at radius 1 is 1.17 bits per heavy atom. The summed E-state index contributed by atoms with van der Waals surface area (Å²) in [7, 11) is -0.281. The molecule has 2 fully saturated rings. The number of rotatable bonds is 4. The number of carbonyl (C=O) groups excluding carboxylic acids is 1. The van der Waals surface area contributed by atoms with E-state index in [1.165, 1.54) is 8.61 Å². The lowest BCUT2D eigenvalue weighted by atomic mass is 9.85. The highest BCUT2D eigenvalue weighted by atomic mass is 32.2. The van der Waals surface area contributed by atoms with Crippen molar-refractivity contribution < 1.29 is 13.2 Å². The van der Waals surface area contributed by atoms with Gasteiger partial charge in [-0.3, -0.25) is 9.78 Å². The summed E-state index contributed by atoms with van der Waals surface area (Å²) in [6.07, 6.45) is 6.20. The maximum atomic E-state index is 12.4. The number of pyridine rings is 1. The maximum Gasteiger partial charge on any atom is 0.281 e. The number of nitrogens with zero attached hydrogens (tertiary/aromatic N) is 4. The van der Waals surface area contributed by atoms with Crippen LogP contribution in [0.4, 0.5) is 0 Å². The minimum atomic E-state index is -3.38. The number of amides is 1. The number of piperidine rings is 1. The molecule has 24 heavy (non-hydrogen) atoms. The monoisotopic (exact) mass is 352 g/mol. The van der Waals surface area contributed by atoms with Crippen LogP contribution in [0.2, 0.25) is 0 Å². The summed E-state index contributed by atoms with van der Waals surface area (Å²) in [5.74, 6) is 0.163. The number of hydrogen-bond acceptors (Lipinski definition) is 4. The molecule has 8 heteroatoms. The van der Waals surface area contributed by atoms with Crippen molar-refractivity contribution >= 4 is 16.1 Å². The van der Waals surface area contributed by atoms with Crippen LogP contribution in [0.25, 0.3) is 0 Å². The molecule has 0 atom stereocenters. The molecule has 0 radical (unpaired) electrons. The molecule has 0 N–H and O–H groups in total. The Kier molecular flexibility index (Phi) is 4.63. The molecule has 2 aliphatic heterocycles. The van der Waals surface area contributed by atoms with E-state index in [1.54, 1.807) is 26.5 Å². The summed E-state index contributed by atoms with van der Waals surface area (Å²) in [4.78, 5) is 18.4. The van der Waals surface area contributed by atoms with Crippen LogP contribution in [0.1, 0.15) is 31.2 Å². The third kappa shape index (κ3) is 3.05. The van der Waals surface area contributed by atoms with Crippen LogP contribution in [0.3, 0.4) is 0 Å². The van der Waals surface area contributed by atoms with Gasteiger partial charge in [0.25, 0.3) is 10.2 Å². The van der Waals surface area contributed by atoms with E-state index in [1.807, 2.05) is 17.0 Å². The summed E-state index contributed by atoms with van der Waals surface area (Å²) < 4.78 is 27.3. The Morgan fingerprint density at radius 2 is 1.79 bits per heavy atom. The molecule has 1 aromatic heterocycles. The van der Waals surface area contributed by atoms with Gasteiger partial charge in [-0.15, -0.1) is 0 Å². The third-order valence-corrected chi connectivity index (χ3v) is 7.15. The van der Waals surface area contributed by atoms with Gasteiger partial charge in [-0.2, -0.15) is 17.0 Å². The molecule has 7 nitrogen and oxygen atoms in total. The first-order valence-electron chi connectivity index (χ1n) is 8.22. The van der Waals surface area contributed by atoms with Gasteiger partial charge in [-0.25, -0.2) is 0 Å². The van der Waals surface area contributed by atoms with Crippen LogP contribution in [-0.4, -0.2) is 65.5 Å². The molecule has 1 amide bonds. The van der Waals surface area contributed by atoms with E-state index in [0.717, 1.165) is 12.0 Å². The second-order valence-electron chi connectivity index (χ2n) is 6.75. The topological polar surface area (TPSA) is 73.8 Å². The van der Waals surface area contributed by atoms with Crippen molar-refractivity contribution in [1.29, 1.82) is 0 Å². The highest BCUT2D eigenvalue weighted by Crippen LogP contribution is 2.40. The van der Waals surface area contributed by atoms with E-state index < -0.39 is 10.2 Å². The smallest absolute Gasteiger partial charge is 0.281 e. The largest absolute Gasteiger partial charge is 0.333 e. The van der Waals surface area contributed by atoms with E-state index in [4.69, 9.17) is 0 Å². The number of hydrogen-bond donors (Lipinski definition) is 0. The van der Waals surface area contributed by atoms with E-state index in [-0.39, 0.29) is 11.4 Å². The predicted octanol–water partition coefficient (Wildman–Crippen LogP) is 0.845. The van der Waals surface area contributed by atoms with Crippen molar-refractivity contribution in [2.45, 2.75) is 37.8 Å². The first kappa shape index (κ1) is 17.3. The number of carbonyl (C=O) groups is 1. The summed E-state index contributed by atoms with van der Waals surface area (Å²) >= 11 is 0. The highest BCUT2D eigenvalue weighted by Gasteiger charge is 2.48. The Labute approximate surface area is 143 Å². The van der Waals surface area contributed by atoms with Gasteiger partial charge in [-0.1, -0.05) is 0 Å². The van der Waals surface area contributed by atoms with Crippen molar-refractivity contribution in [3.8, 4) is 0 Å². The summed E-state index contributed by atoms with van der Waals surface area (Å²) in [6, 6.07) is 3.84. The second kappa shape index (κ2) is 6.42. The summed E-state index contributed by atoms with van der Waals surface area (Å²) in [6.45, 7) is 1.49. The van der Waals surface area contributed by atoms with Gasteiger partial charge in [0, 0.05) is 58.1 Å². The molecular weight excluding hydrogens is 328 g/mol. The molecule has 1 aromatic rings. The van der Waals surface area contributed by atoms with E-state index in [9.17, 15) is 13.2 Å². The van der Waals surface area contributed by atoms with E-state index in [2.05, 4.69) is 4.98 Å². The first-order chi connectivity index (χ1) is 11.3. The van der Waals surface area contributed by atoms with Gasteiger partial charge in [0.1, 0.15) is 0 Å². The molecule has 0 aromatic carbocycles. The van der Waals surface area contributed by atoms with Gasteiger partial charge < -0.3 is 4.90 Å². The van der Waals surface area contributed by atoms with Gasteiger partial charge in [0.05, 0.1) is 0 Å². The Bertz CT molecular complexity index is 697. The zero-order valence-electron chi connectivity index (χ0n) is 14.2. The van der Waals surface area contributed by atoms with Crippen LogP contribution < -0.4 is 0 Å². The fourth-order valence-electron chi connectivity index (χ4n) is 3.68. The van der Waals surface area contributed by atoms with Crippen LogP contribution >= 0.6 is 0 Å². The Balaban J connectivity index is 1.75. The molecule has 0 aliphatic carbocycles. The maximum absolute atomic E-state index is 12.4. The SMILES string of the molecule is CN(C)S(=O)(=O)N1CCC2(CCC(=O)N2Cc2ccncc2)CC1. The van der Waals surface area contributed by atoms with Gasteiger partial charge in [0.15, 0.2) is 0 Å². The van der Waals surface area contributed by atoms with Crippen LogP contribution in [0.5, 0.6) is 0 Å². The fourth-order valence-corrected chi connectivity index (χ4v) is 4.79. The van der Waals surface area contributed by atoms with Crippen LogP contribution in [-0.2, 0) is 21.5 Å². The first-order valence-corrected chi connectivity index (χ1v) is 9.62. The molecular formula is C16H24N4O3S. The zero-order valence-corrected chi connectivity index (χ0v) is 15.0. The average Bonchev–Trinajstić information content (AvgIpc) is 2.86. The molecule has 2 saturated heterocycles. The minimum Gasteiger partial charge on any atom is -0.333 e. The molecule has 3 rings (SSSR count). The van der Waals surface area contributed by atoms with Crippen molar-refractivity contribution in [2.75, 3.05) is 27.2 Å². The van der Waals surface area contributed by atoms with Crippen LogP contribution in [0, 0.1) is 0 Å². The number of likely N-dealkylation sites (tertiary alicyclic amines) is 1. The van der Waals surface area contributed by atoms with E-state index >= 15 is 0 Å². The molecule has 132 valence electrons. The fraction of sp³-hybridized carbons (Fsp3) is 0.625. The minimum absolute atomic E-state index is 0.163. The van der Waals surface area contributed by atoms with Gasteiger partial charge >= 0.3 is 0 Å². The molecule has 3 heterocycles. The summed E-state index contributed by atoms with van der Waals surface area (Å²) in [5, 5.41) is 0. The summed E-state index contributed by atoms with van der Waals surface area (Å²) in [5.41, 5.74) is 0.849. The standard InChI is InChI=1S/C16H24N4O3S/c1-18(2)24(22,23)19-11-7-16(8-12-19)6-3-15(21)20(16)13-14-4-9-17-10-5-14/h4-5,9-10H,3,6-8,11-13H2,1-2H3. The molecule has 2 aliphatic rings. The van der Waals surface area contributed by atoms with Crippen molar-refractivity contribution in [1.82, 2.24) is 18.5 Å². The quantitative estimate of drug-likeness (QED) is 0.805. The lowest BCUT2D eigenvalue weighted by Gasteiger charge is -2.45. The van der Waals surface area contributed by atoms with E-state index in [0.29, 0.717) is 38.9 Å². The highest BCUT2D eigenvalue weighted by molar-refractivity contribution is 7.86. The molecule has 1 spiro atoms. The second-order valence-corrected chi connectivity index (χ2v) is 8.89. The molecule has 0 unspecified atom stereocenters. The van der Waals surface area contributed by atoms with Crippen molar-refractivity contribution in [3.63, 3.8) is 0 Å². The van der Waals surface area contributed by atoms with Gasteiger partial charge in [0.2, 0.25) is 5.91 Å². The Hall–Kier alpha value is -1.51. The van der Waals surface area contributed by atoms with Crippen molar-refractivity contribution in [2.24, 2.45) is 0 Å². The molecule has 0 bridgehead atoms. The lowest BCUT2D eigenvalue weighted by Crippen LogP contribution is -2.55. The van der Waals surface area contributed by atoms with Crippen molar-refractivity contribution in [3.05, 3.63) is 30.1 Å². The van der Waals surface area contributed by atoms with Crippen LogP contribution in [0.15, 0.2) is 24.5 Å². The third-order valence-electron chi connectivity index (χ3n) is 5.21. The zero-order chi connectivity index (χ0) is 17.4. The lowest BCUT2D eigenvalue weighted by molar-refractivity contribution is -0.133. The molecule has 0 saturated carbocycles. The predicted molar refractivity (Wildman–Crippen MR) is 90.2 cm³/mol. The Morgan fingerprint density at radius 3 is 2.38 bits per heavy atom. The van der Waals surface area contributed by atoms with Gasteiger partial charge in [-0.05, 0) is 37.0 Å².